The number of hydrogen-bond acceptors (Lipinski definition) is 4. The molecule has 0 aliphatic rings. The number of aryl methyl sites for hydroxylation is 6. The number of ether oxygens (including phenoxy) is 4. The Bertz CT molecular complexity index is 1570. The maximum atomic E-state index is 6.82. The molecule has 0 aliphatic heterocycles. The fraction of sp³-hybridized carbons (Fsp3) is 0.478. The van der Waals surface area contributed by atoms with Crippen molar-refractivity contribution < 1.29 is 18.9 Å². The summed E-state index contributed by atoms with van der Waals surface area (Å²) in [5.41, 5.74) is 14.5. The van der Waals surface area contributed by atoms with Crippen molar-refractivity contribution in [1.82, 2.24) is 0 Å². The summed E-state index contributed by atoms with van der Waals surface area (Å²) < 4.78 is 27.0. The minimum atomic E-state index is -0.235. The predicted octanol–water partition coefficient (Wildman–Crippen LogP) is 11.8. The first-order chi connectivity index (χ1) is 23.5. The zero-order valence-corrected chi connectivity index (χ0v) is 33.3. The van der Waals surface area contributed by atoms with Crippen molar-refractivity contribution in [3.8, 4) is 33.8 Å². The summed E-state index contributed by atoms with van der Waals surface area (Å²) >= 11 is 0. The second-order valence-electron chi connectivity index (χ2n) is 15.3. The maximum Gasteiger partial charge on any atom is 0.130 e. The zero-order valence-electron chi connectivity index (χ0n) is 33.3. The molecule has 0 aliphatic carbocycles. The molecule has 4 rings (SSSR count). The minimum absolute atomic E-state index is 0.00748. The number of benzene rings is 4. The summed E-state index contributed by atoms with van der Waals surface area (Å²) in [7, 11) is 0. The van der Waals surface area contributed by atoms with E-state index >= 15 is 0 Å². The minimum Gasteiger partial charge on any atom is -0.490 e. The van der Waals surface area contributed by atoms with Gasteiger partial charge in [0, 0.05) is 24.0 Å². The topological polar surface area (TPSA) is 36.9 Å². The van der Waals surface area contributed by atoms with Crippen LogP contribution in [0.2, 0.25) is 0 Å². The fourth-order valence-electron chi connectivity index (χ4n) is 7.51. The second kappa shape index (κ2) is 17.1. The van der Waals surface area contributed by atoms with Gasteiger partial charge in [0.05, 0.1) is 36.6 Å². The Morgan fingerprint density at radius 3 is 1.04 bits per heavy atom. The van der Waals surface area contributed by atoms with Crippen LogP contribution in [-0.2, 0) is 22.3 Å². The summed E-state index contributed by atoms with van der Waals surface area (Å²) in [6.45, 7) is 29.9. The fourth-order valence-corrected chi connectivity index (χ4v) is 7.51. The Labute approximate surface area is 303 Å². The highest BCUT2D eigenvalue weighted by Crippen LogP contribution is 2.41. The molecule has 4 nitrogen and oxygen atoms in total. The van der Waals surface area contributed by atoms with Gasteiger partial charge in [-0.05, 0) is 141 Å². The molecule has 0 spiro atoms. The maximum absolute atomic E-state index is 6.82. The van der Waals surface area contributed by atoms with Crippen LogP contribution in [0.15, 0.2) is 60.7 Å². The summed E-state index contributed by atoms with van der Waals surface area (Å²) in [6.07, 6.45) is 0.862. The van der Waals surface area contributed by atoms with Crippen LogP contribution in [0.25, 0.3) is 22.3 Å². The molecule has 0 radical (unpaired) electrons. The lowest BCUT2D eigenvalue weighted by molar-refractivity contribution is -0.109. The molecule has 4 aromatic rings. The Balaban J connectivity index is 1.85. The summed E-state index contributed by atoms with van der Waals surface area (Å²) in [5.74, 6) is 1.85. The molecule has 0 bridgehead atoms. The van der Waals surface area contributed by atoms with Crippen LogP contribution in [-0.4, -0.2) is 36.6 Å². The van der Waals surface area contributed by atoms with E-state index in [1.54, 1.807) is 0 Å². The van der Waals surface area contributed by atoms with Gasteiger partial charge in [0.15, 0.2) is 0 Å². The Hall–Kier alpha value is -3.60. The van der Waals surface area contributed by atoms with Gasteiger partial charge in [-0.1, -0.05) is 71.8 Å². The highest BCUT2D eigenvalue weighted by molar-refractivity contribution is 5.79. The molecule has 0 saturated carbocycles. The van der Waals surface area contributed by atoms with E-state index < -0.39 is 0 Å². The smallest absolute Gasteiger partial charge is 0.130 e. The molecule has 4 heteroatoms. The van der Waals surface area contributed by atoms with E-state index in [-0.39, 0.29) is 36.6 Å². The van der Waals surface area contributed by atoms with Gasteiger partial charge in [-0.2, -0.15) is 0 Å². The Kier molecular flexibility index (Phi) is 13.4. The van der Waals surface area contributed by atoms with E-state index in [2.05, 4.69) is 158 Å². The lowest BCUT2D eigenvalue weighted by Gasteiger charge is -2.32. The first-order valence-corrected chi connectivity index (χ1v) is 18.6. The quantitative estimate of drug-likeness (QED) is 0.125. The third-order valence-electron chi connectivity index (χ3n) is 8.94. The van der Waals surface area contributed by atoms with Gasteiger partial charge < -0.3 is 18.9 Å². The van der Waals surface area contributed by atoms with Crippen LogP contribution in [0.5, 0.6) is 11.5 Å². The van der Waals surface area contributed by atoms with Gasteiger partial charge >= 0.3 is 0 Å². The Morgan fingerprint density at radius 2 is 0.760 bits per heavy atom. The van der Waals surface area contributed by atoms with Gasteiger partial charge in [0.25, 0.3) is 0 Å². The van der Waals surface area contributed by atoms with Crippen LogP contribution < -0.4 is 9.47 Å². The Morgan fingerprint density at radius 1 is 0.440 bits per heavy atom. The molecule has 50 heavy (non-hydrogen) atoms. The van der Waals surface area contributed by atoms with Crippen molar-refractivity contribution in [2.24, 2.45) is 0 Å². The molecular weight excluding hydrogens is 617 g/mol. The largest absolute Gasteiger partial charge is 0.490 e. The van der Waals surface area contributed by atoms with E-state index in [1.807, 2.05) is 0 Å². The van der Waals surface area contributed by atoms with Crippen LogP contribution in [0.4, 0.5) is 0 Å². The van der Waals surface area contributed by atoms with Gasteiger partial charge in [-0.25, -0.2) is 0 Å². The van der Waals surface area contributed by atoms with Crippen molar-refractivity contribution in [2.75, 3.05) is 0 Å². The van der Waals surface area contributed by atoms with Crippen molar-refractivity contribution in [3.63, 3.8) is 0 Å². The van der Waals surface area contributed by atoms with Gasteiger partial charge in [-0.3, -0.25) is 0 Å². The molecule has 0 saturated heterocycles. The molecule has 4 aromatic carbocycles. The molecule has 0 heterocycles. The summed E-state index contributed by atoms with van der Waals surface area (Å²) in [5, 5.41) is 0. The number of hydrogen-bond donors (Lipinski definition) is 0. The SMILES string of the molecule is Cc1cc(C)c(-c2cccc(C[C@@H](OC(C)C)[C@@H](Cc3cccc(-c4c(C)cc(C)cc4C)c3OC(C)C)OC(C)C)c2OC(C)C)c(C)c1. The summed E-state index contributed by atoms with van der Waals surface area (Å²) in [6, 6.07) is 22.1. The molecule has 270 valence electrons. The monoisotopic (exact) mass is 678 g/mol. The van der Waals surface area contributed by atoms with E-state index in [4.69, 9.17) is 18.9 Å². The normalized spacial score (nSPS) is 13.1. The lowest BCUT2D eigenvalue weighted by Crippen LogP contribution is -2.39. The third kappa shape index (κ3) is 9.80. The third-order valence-corrected chi connectivity index (χ3v) is 8.94. The van der Waals surface area contributed by atoms with E-state index in [0.29, 0.717) is 12.8 Å². The first-order valence-electron chi connectivity index (χ1n) is 18.6. The molecule has 2 atom stereocenters. The molecule has 0 N–H and O–H groups in total. The van der Waals surface area contributed by atoms with Crippen LogP contribution >= 0.6 is 0 Å². The van der Waals surface area contributed by atoms with Crippen molar-refractivity contribution in [2.45, 2.75) is 146 Å². The summed E-state index contributed by atoms with van der Waals surface area (Å²) in [4.78, 5) is 0. The molecule has 0 fully saturated rings. The molecule has 0 unspecified atom stereocenters. The van der Waals surface area contributed by atoms with E-state index in [1.165, 1.54) is 44.5 Å². The van der Waals surface area contributed by atoms with Crippen LogP contribution in [0.1, 0.15) is 99.9 Å². The first kappa shape index (κ1) is 39.2. The standard InChI is InChI=1S/C46H62O4/c1-27(2)47-41(25-37-17-15-19-39(45(37)49-29(5)6)43-33(11)21-31(9)22-34(43)12)42(48-28(3)4)26-38-18-16-20-40(46(38)50-30(7)8)44-35(13)23-32(10)24-36(44)14/h15-24,27-30,41-42H,25-26H2,1-14H3/t41-,42-/m1/s1. The molecule has 0 amide bonds. The van der Waals surface area contributed by atoms with Crippen LogP contribution in [0.3, 0.4) is 0 Å². The molecule has 0 aromatic heterocycles. The lowest BCUT2D eigenvalue weighted by atomic mass is 9.89. The number of rotatable bonds is 15. The average Bonchev–Trinajstić information content (AvgIpc) is 2.97. The van der Waals surface area contributed by atoms with Crippen molar-refractivity contribution in [1.29, 1.82) is 0 Å². The van der Waals surface area contributed by atoms with Gasteiger partial charge in [0.2, 0.25) is 0 Å². The predicted molar refractivity (Wildman–Crippen MR) is 211 cm³/mol. The van der Waals surface area contributed by atoms with Crippen LogP contribution in [0, 0.1) is 41.5 Å². The van der Waals surface area contributed by atoms with E-state index in [0.717, 1.165) is 33.8 Å². The van der Waals surface area contributed by atoms with Gasteiger partial charge in [-0.15, -0.1) is 0 Å². The van der Waals surface area contributed by atoms with Gasteiger partial charge in [0.1, 0.15) is 11.5 Å². The molecular formula is C46H62O4. The average molecular weight is 679 g/mol. The second-order valence-corrected chi connectivity index (χ2v) is 15.3. The van der Waals surface area contributed by atoms with Crippen molar-refractivity contribution in [3.05, 3.63) is 105 Å². The number of para-hydroxylation sites is 2. The van der Waals surface area contributed by atoms with E-state index in [9.17, 15) is 0 Å². The highest BCUT2D eigenvalue weighted by Gasteiger charge is 2.30. The highest BCUT2D eigenvalue weighted by atomic mass is 16.6. The zero-order chi connectivity index (χ0) is 36.9. The van der Waals surface area contributed by atoms with Crippen molar-refractivity contribution >= 4 is 0 Å².